The maximum Gasteiger partial charge on any atom is 0.296 e. The first kappa shape index (κ1) is 13.1. The number of nitrogens with zero attached hydrogens (tertiary/aromatic N) is 2. The van der Waals surface area contributed by atoms with Crippen molar-refractivity contribution in [1.29, 1.82) is 0 Å². The normalized spacial score (nSPS) is 13.3. The van der Waals surface area contributed by atoms with Crippen molar-refractivity contribution in [3.8, 4) is 11.5 Å². The number of hydrogen-bond acceptors (Lipinski definition) is 7. The molecule has 1 aromatic carbocycles. The Kier molecular flexibility index (Phi) is 2.97. The quantitative estimate of drug-likeness (QED) is 0.782. The van der Waals surface area contributed by atoms with Crippen LogP contribution in [0, 0.1) is 6.92 Å². The number of hydrogen-bond donors (Lipinski definition) is 1. The maximum absolute atomic E-state index is 12.0. The van der Waals surface area contributed by atoms with Crippen LogP contribution in [-0.4, -0.2) is 29.3 Å². The molecule has 1 aliphatic heterocycles. The number of amides is 1. The number of fused-ring (bicyclic) bond motifs is 2. The van der Waals surface area contributed by atoms with E-state index in [1.165, 1.54) is 11.3 Å². The number of benzene rings is 1. The van der Waals surface area contributed by atoms with Gasteiger partial charge in [0.05, 0.1) is 15.9 Å². The molecule has 0 saturated carbocycles. The number of aryl methyl sites for hydroxylation is 1. The van der Waals surface area contributed by atoms with Crippen LogP contribution in [0.15, 0.2) is 22.7 Å². The molecule has 0 radical (unpaired) electrons. The predicted molar refractivity (Wildman–Crippen MR) is 79.8 cm³/mol. The Balaban J connectivity index is 1.63. The van der Waals surface area contributed by atoms with Gasteiger partial charge in [-0.1, -0.05) is 16.5 Å². The lowest BCUT2D eigenvalue weighted by atomic mass is 10.3. The number of ether oxygens (including phenoxy) is 2. The molecule has 3 aromatic rings. The molecule has 22 heavy (non-hydrogen) atoms. The van der Waals surface area contributed by atoms with Crippen LogP contribution in [0.1, 0.15) is 16.2 Å². The van der Waals surface area contributed by atoms with Gasteiger partial charge in [0.2, 0.25) is 5.76 Å². The molecule has 0 atom stereocenters. The topological polar surface area (TPSA) is 86.5 Å². The molecule has 0 saturated heterocycles. The zero-order chi connectivity index (χ0) is 15.1. The molecule has 8 heteroatoms. The van der Waals surface area contributed by atoms with Crippen LogP contribution >= 0.6 is 11.3 Å². The van der Waals surface area contributed by atoms with Gasteiger partial charge in [-0.3, -0.25) is 10.1 Å². The first-order chi connectivity index (χ1) is 10.7. The maximum atomic E-state index is 12.0. The molecule has 1 N–H and O–H groups in total. The van der Waals surface area contributed by atoms with E-state index >= 15 is 0 Å². The van der Waals surface area contributed by atoms with Gasteiger partial charge in [-0.05, 0) is 6.92 Å². The number of nitrogens with one attached hydrogen (secondary N) is 1. The van der Waals surface area contributed by atoms with E-state index in [2.05, 4.69) is 15.5 Å². The first-order valence-corrected chi connectivity index (χ1v) is 7.45. The Morgan fingerprint density at radius 2 is 2.00 bits per heavy atom. The van der Waals surface area contributed by atoms with E-state index in [9.17, 15) is 4.79 Å². The molecular formula is C14H11N3O4S. The number of carbonyl (C=O) groups is 1. The molecule has 4 rings (SSSR count). The van der Waals surface area contributed by atoms with Gasteiger partial charge in [-0.2, -0.15) is 0 Å². The van der Waals surface area contributed by atoms with Crippen molar-refractivity contribution in [2.45, 2.75) is 6.92 Å². The lowest BCUT2D eigenvalue weighted by Gasteiger charge is -2.17. The van der Waals surface area contributed by atoms with Gasteiger partial charge in [0.1, 0.15) is 13.2 Å². The molecule has 1 amide bonds. The number of aromatic nitrogens is 2. The third-order valence-corrected chi connectivity index (χ3v) is 4.06. The van der Waals surface area contributed by atoms with Crippen LogP contribution < -0.4 is 14.8 Å². The smallest absolute Gasteiger partial charge is 0.296 e. The molecule has 3 heterocycles. The lowest BCUT2D eigenvalue weighted by Crippen LogP contribution is -2.15. The fourth-order valence-electron chi connectivity index (χ4n) is 2.15. The van der Waals surface area contributed by atoms with Gasteiger partial charge in [0, 0.05) is 18.2 Å². The number of rotatable bonds is 2. The zero-order valence-corrected chi connectivity index (χ0v) is 12.4. The highest BCUT2D eigenvalue weighted by atomic mass is 32.1. The van der Waals surface area contributed by atoms with Crippen molar-refractivity contribution < 1.29 is 18.8 Å². The fraction of sp³-hybridized carbons (Fsp3) is 0.214. The Hall–Kier alpha value is -2.61. The molecule has 2 aromatic heterocycles. The summed E-state index contributed by atoms with van der Waals surface area (Å²) in [6, 6.07) is 5.26. The van der Waals surface area contributed by atoms with Crippen LogP contribution in [0.5, 0.6) is 11.5 Å². The molecule has 1 aliphatic rings. The molecular weight excluding hydrogens is 306 g/mol. The van der Waals surface area contributed by atoms with Gasteiger partial charge in [0.25, 0.3) is 5.91 Å². The Labute approximate surface area is 128 Å². The average Bonchev–Trinajstić information content (AvgIpc) is 3.10. The van der Waals surface area contributed by atoms with Crippen molar-refractivity contribution in [3.05, 3.63) is 29.7 Å². The summed E-state index contributed by atoms with van der Waals surface area (Å²) in [5.41, 5.74) is 1.40. The monoisotopic (exact) mass is 317 g/mol. The van der Waals surface area contributed by atoms with Crippen LogP contribution in [0.2, 0.25) is 0 Å². The highest BCUT2D eigenvalue weighted by molar-refractivity contribution is 7.22. The summed E-state index contributed by atoms with van der Waals surface area (Å²) in [6.07, 6.45) is 0. The van der Waals surface area contributed by atoms with E-state index in [1.807, 2.05) is 12.1 Å². The van der Waals surface area contributed by atoms with E-state index in [-0.39, 0.29) is 11.7 Å². The Morgan fingerprint density at radius 1 is 1.23 bits per heavy atom. The summed E-state index contributed by atoms with van der Waals surface area (Å²) in [6.45, 7) is 2.81. The minimum absolute atomic E-state index is 0.155. The average molecular weight is 317 g/mol. The summed E-state index contributed by atoms with van der Waals surface area (Å²) in [7, 11) is 0. The highest BCUT2D eigenvalue weighted by Crippen LogP contribution is 2.37. The molecule has 0 fully saturated rings. The summed E-state index contributed by atoms with van der Waals surface area (Å²) in [5.74, 6) is 1.15. The molecule has 112 valence electrons. The minimum Gasteiger partial charge on any atom is -0.486 e. The molecule has 0 unspecified atom stereocenters. The van der Waals surface area contributed by atoms with Crippen molar-refractivity contribution in [1.82, 2.24) is 10.1 Å². The van der Waals surface area contributed by atoms with E-state index in [4.69, 9.17) is 14.0 Å². The van der Waals surface area contributed by atoms with Gasteiger partial charge in [0.15, 0.2) is 16.6 Å². The Morgan fingerprint density at radius 3 is 2.73 bits per heavy atom. The van der Waals surface area contributed by atoms with E-state index < -0.39 is 0 Å². The second kappa shape index (κ2) is 4.99. The van der Waals surface area contributed by atoms with Gasteiger partial charge >= 0.3 is 0 Å². The van der Waals surface area contributed by atoms with Crippen molar-refractivity contribution in [2.24, 2.45) is 0 Å². The largest absolute Gasteiger partial charge is 0.486 e. The van der Waals surface area contributed by atoms with E-state index in [0.29, 0.717) is 35.5 Å². The minimum atomic E-state index is -0.378. The lowest BCUT2D eigenvalue weighted by molar-refractivity contribution is 0.0988. The summed E-state index contributed by atoms with van der Waals surface area (Å²) in [5, 5.41) is 6.88. The second-order valence-corrected chi connectivity index (χ2v) is 5.80. The van der Waals surface area contributed by atoms with E-state index in [0.717, 1.165) is 10.2 Å². The van der Waals surface area contributed by atoms with Gasteiger partial charge < -0.3 is 14.0 Å². The highest BCUT2D eigenvalue weighted by Gasteiger charge is 2.17. The predicted octanol–water partition coefficient (Wildman–Crippen LogP) is 2.62. The SMILES string of the molecule is Cc1cc(C(=O)Nc2nc3cc4c(cc3s2)OCCO4)on1. The summed E-state index contributed by atoms with van der Waals surface area (Å²) >= 11 is 1.36. The van der Waals surface area contributed by atoms with E-state index in [1.54, 1.807) is 13.0 Å². The number of carbonyl (C=O) groups excluding carboxylic acids is 1. The van der Waals surface area contributed by atoms with Crippen molar-refractivity contribution in [2.75, 3.05) is 18.5 Å². The first-order valence-electron chi connectivity index (χ1n) is 6.64. The van der Waals surface area contributed by atoms with Crippen molar-refractivity contribution >= 4 is 32.6 Å². The molecule has 0 spiro atoms. The third-order valence-electron chi connectivity index (χ3n) is 3.12. The van der Waals surface area contributed by atoms with Gasteiger partial charge in [-0.25, -0.2) is 4.98 Å². The number of thiazole rings is 1. The van der Waals surface area contributed by atoms with Crippen LogP contribution in [-0.2, 0) is 0 Å². The summed E-state index contributed by atoms with van der Waals surface area (Å²) in [4.78, 5) is 16.4. The zero-order valence-electron chi connectivity index (χ0n) is 11.6. The van der Waals surface area contributed by atoms with Crippen molar-refractivity contribution in [3.63, 3.8) is 0 Å². The standard InChI is InChI=1S/C14H11N3O4S/c1-7-4-11(21-17-7)13(18)16-14-15-8-5-9-10(6-12(8)22-14)20-3-2-19-9/h4-6H,2-3H2,1H3,(H,15,16,18). The molecule has 0 aliphatic carbocycles. The Bertz CT molecular complexity index is 827. The molecule has 7 nitrogen and oxygen atoms in total. The number of anilines is 1. The third kappa shape index (κ3) is 2.27. The second-order valence-electron chi connectivity index (χ2n) is 4.77. The van der Waals surface area contributed by atoms with Crippen LogP contribution in [0.25, 0.3) is 10.2 Å². The molecule has 0 bridgehead atoms. The van der Waals surface area contributed by atoms with Crippen LogP contribution in [0.4, 0.5) is 5.13 Å². The van der Waals surface area contributed by atoms with Crippen LogP contribution in [0.3, 0.4) is 0 Å². The summed E-state index contributed by atoms with van der Waals surface area (Å²) < 4.78 is 16.9. The van der Waals surface area contributed by atoms with Gasteiger partial charge in [-0.15, -0.1) is 0 Å². The fourth-order valence-corrected chi connectivity index (χ4v) is 3.02.